The van der Waals surface area contributed by atoms with Crippen molar-refractivity contribution in [2.45, 2.75) is 18.9 Å². The highest BCUT2D eigenvalue weighted by Gasteiger charge is 2.50. The van der Waals surface area contributed by atoms with Crippen molar-refractivity contribution >= 4 is 31.7 Å². The second-order valence-corrected chi connectivity index (χ2v) is 7.84. The maximum Gasteiger partial charge on any atom is 0.250 e. The first-order valence-corrected chi connectivity index (χ1v) is 9.58. The Labute approximate surface area is 145 Å². The highest BCUT2D eigenvalue weighted by molar-refractivity contribution is 9.09. The summed E-state index contributed by atoms with van der Waals surface area (Å²) in [6.45, 7) is 1.11. The van der Waals surface area contributed by atoms with E-state index in [1.54, 1.807) is 0 Å². The number of halogens is 3. The van der Waals surface area contributed by atoms with Crippen LogP contribution in [0.1, 0.15) is 18.9 Å². The Hall–Kier alpha value is -1.68. The first-order chi connectivity index (χ1) is 11.1. The van der Waals surface area contributed by atoms with E-state index in [0.29, 0.717) is 5.33 Å². The predicted molar refractivity (Wildman–Crippen MR) is 84.8 cm³/mol. The van der Waals surface area contributed by atoms with E-state index in [-0.39, 0.29) is 12.2 Å². The van der Waals surface area contributed by atoms with E-state index >= 15 is 0 Å². The van der Waals surface area contributed by atoms with Gasteiger partial charge in [0.05, 0.1) is 5.75 Å². The Morgan fingerprint density at radius 3 is 2.67 bits per heavy atom. The number of aliphatic hydroxyl groups is 1. The lowest BCUT2D eigenvalue weighted by atomic mass is 9.91. The zero-order chi connectivity index (χ0) is 18.1. The van der Waals surface area contributed by atoms with Gasteiger partial charge < -0.3 is 9.84 Å². The van der Waals surface area contributed by atoms with E-state index in [9.17, 15) is 27.1 Å². The molecule has 2 N–H and O–H groups in total. The number of sulfonamides is 1. The summed E-state index contributed by atoms with van der Waals surface area (Å²) < 4.78 is 58.2. The van der Waals surface area contributed by atoms with E-state index in [1.165, 1.54) is 6.07 Å². The lowest BCUT2D eigenvalue weighted by molar-refractivity contribution is -0.132. The van der Waals surface area contributed by atoms with Crippen LogP contribution in [-0.4, -0.2) is 30.4 Å². The highest BCUT2D eigenvalue weighted by Crippen LogP contribution is 2.38. The smallest absolute Gasteiger partial charge is 0.250 e. The third kappa shape index (κ3) is 3.39. The number of ether oxygens (including phenoxy) is 1. The molecule has 0 saturated heterocycles. The third-order valence-electron chi connectivity index (χ3n) is 3.43. The average molecular weight is 426 g/mol. The molecule has 0 saturated carbocycles. The second kappa shape index (κ2) is 6.67. The summed E-state index contributed by atoms with van der Waals surface area (Å²) in [5, 5.41) is 10.3. The van der Waals surface area contributed by atoms with Crippen molar-refractivity contribution in [2.75, 3.05) is 11.1 Å². The van der Waals surface area contributed by atoms with Crippen LogP contribution in [0.15, 0.2) is 29.8 Å². The van der Waals surface area contributed by atoms with Crippen LogP contribution in [0.2, 0.25) is 0 Å². The summed E-state index contributed by atoms with van der Waals surface area (Å²) in [6, 6.07) is 3.15. The molecule has 0 spiro atoms. The quantitative estimate of drug-likeness (QED) is 0.681. The summed E-state index contributed by atoms with van der Waals surface area (Å²) >= 11 is 3.08. The fourth-order valence-electron chi connectivity index (χ4n) is 2.18. The van der Waals surface area contributed by atoms with Gasteiger partial charge in [-0.25, -0.2) is 17.2 Å². The molecular formula is C14H14BrF2NO5S. The van der Waals surface area contributed by atoms with Crippen molar-refractivity contribution in [3.8, 4) is 0 Å². The van der Waals surface area contributed by atoms with Gasteiger partial charge in [-0.05, 0) is 19.4 Å². The molecule has 0 amide bonds. The largest absolute Gasteiger partial charge is 0.501 e. The number of carbonyl (C=O) groups excluding carboxylic acids is 1. The Balaban J connectivity index is 2.34. The predicted octanol–water partition coefficient (Wildman–Crippen LogP) is 2.21. The van der Waals surface area contributed by atoms with Gasteiger partial charge in [0.2, 0.25) is 27.3 Å². The normalized spacial score (nSPS) is 21.1. The van der Waals surface area contributed by atoms with Crippen LogP contribution in [0.5, 0.6) is 0 Å². The molecule has 0 radical (unpaired) electrons. The molecular weight excluding hydrogens is 412 g/mol. The summed E-state index contributed by atoms with van der Waals surface area (Å²) in [5.74, 6) is -5.58. The van der Waals surface area contributed by atoms with Gasteiger partial charge in [-0.2, -0.15) is 0 Å². The molecule has 0 fully saturated rings. The van der Waals surface area contributed by atoms with Crippen molar-refractivity contribution in [3.05, 3.63) is 47.0 Å². The van der Waals surface area contributed by atoms with E-state index in [1.807, 2.05) is 4.72 Å². The van der Waals surface area contributed by atoms with Gasteiger partial charge in [0.1, 0.15) is 0 Å². The fraction of sp³-hybridized carbons (Fsp3) is 0.357. The Kier molecular flexibility index (Phi) is 5.19. The molecule has 1 aromatic rings. The Bertz CT molecular complexity index is 811. The Morgan fingerprint density at radius 1 is 1.38 bits per heavy atom. The van der Waals surface area contributed by atoms with Gasteiger partial charge >= 0.3 is 0 Å². The van der Waals surface area contributed by atoms with Crippen molar-refractivity contribution < 1.29 is 31.8 Å². The number of hydrogen-bond acceptors (Lipinski definition) is 5. The molecule has 1 atom stereocenters. The molecule has 24 heavy (non-hydrogen) atoms. The molecule has 0 aliphatic carbocycles. The number of alkyl halides is 1. The molecule has 0 aromatic heterocycles. The third-order valence-corrected chi connectivity index (χ3v) is 5.31. The zero-order valence-corrected chi connectivity index (χ0v) is 14.9. The van der Waals surface area contributed by atoms with Crippen LogP contribution in [0.4, 0.5) is 8.78 Å². The minimum absolute atomic E-state index is 0.280. The second-order valence-electron chi connectivity index (χ2n) is 5.21. The molecule has 1 aliphatic rings. The first kappa shape index (κ1) is 18.7. The molecule has 0 bridgehead atoms. The molecule has 1 heterocycles. The number of ketones is 1. The van der Waals surface area contributed by atoms with Crippen molar-refractivity contribution in [1.82, 2.24) is 4.72 Å². The number of Topliss-reactive ketones (excluding diaryl/α,β-unsaturated/α-hetero) is 1. The summed E-state index contributed by atoms with van der Waals surface area (Å²) in [6.07, 6.45) is 0.285. The maximum atomic E-state index is 14.0. The van der Waals surface area contributed by atoms with Crippen molar-refractivity contribution in [1.29, 1.82) is 0 Å². The van der Waals surface area contributed by atoms with Gasteiger partial charge in [0.15, 0.2) is 11.6 Å². The lowest BCUT2D eigenvalue weighted by Crippen LogP contribution is -2.34. The topological polar surface area (TPSA) is 92.7 Å². The van der Waals surface area contributed by atoms with Crippen LogP contribution in [0.25, 0.3) is 0 Å². The molecule has 1 aliphatic heterocycles. The van der Waals surface area contributed by atoms with Gasteiger partial charge in [0.25, 0.3) is 5.78 Å². The number of carbonyl (C=O) groups is 1. The number of nitrogens with one attached hydrogen (secondary N) is 1. The molecule has 1 aromatic carbocycles. The van der Waals surface area contributed by atoms with Crippen molar-refractivity contribution in [2.24, 2.45) is 0 Å². The van der Waals surface area contributed by atoms with Crippen LogP contribution in [0, 0.1) is 11.6 Å². The Morgan fingerprint density at radius 2 is 2.04 bits per heavy atom. The average Bonchev–Trinajstić information content (AvgIpc) is 2.72. The first-order valence-electron chi connectivity index (χ1n) is 6.80. The standard InChI is InChI=1S/C14H14BrF2NO5S/c1-14(8-4-2-5-9(16)10(8)17)12(20)11(19)13(23-14)18-24(21,22)7-3-6-15/h2,4-5,18-19H,3,6-7H2,1H3. The SMILES string of the molecule is CC1(c2cccc(F)c2F)OC(NS(=O)(=O)CCCBr)=C(O)C1=O. The van der Waals surface area contributed by atoms with Crippen LogP contribution >= 0.6 is 15.9 Å². The fourth-order valence-corrected chi connectivity index (χ4v) is 3.88. The number of hydrogen-bond donors (Lipinski definition) is 2. The van der Waals surface area contributed by atoms with Gasteiger partial charge in [0, 0.05) is 10.9 Å². The van der Waals surface area contributed by atoms with E-state index in [2.05, 4.69) is 15.9 Å². The number of aliphatic hydroxyl groups excluding tert-OH is 1. The number of benzene rings is 1. The summed E-state index contributed by atoms with van der Waals surface area (Å²) in [7, 11) is -3.88. The highest BCUT2D eigenvalue weighted by atomic mass is 79.9. The van der Waals surface area contributed by atoms with Crippen molar-refractivity contribution in [3.63, 3.8) is 0 Å². The maximum absolute atomic E-state index is 14.0. The van der Waals surface area contributed by atoms with E-state index in [0.717, 1.165) is 19.1 Å². The summed E-state index contributed by atoms with van der Waals surface area (Å²) in [4.78, 5) is 12.2. The van der Waals surface area contributed by atoms with Crippen LogP contribution in [-0.2, 0) is 25.2 Å². The van der Waals surface area contributed by atoms with Gasteiger partial charge in [-0.3, -0.25) is 9.52 Å². The van der Waals surface area contributed by atoms with E-state index < -0.39 is 50.2 Å². The molecule has 10 heteroatoms. The van der Waals surface area contributed by atoms with Crippen LogP contribution in [0.3, 0.4) is 0 Å². The molecule has 2 rings (SSSR count). The lowest BCUT2D eigenvalue weighted by Gasteiger charge is -2.24. The van der Waals surface area contributed by atoms with E-state index in [4.69, 9.17) is 4.74 Å². The summed E-state index contributed by atoms with van der Waals surface area (Å²) in [5.41, 5.74) is -2.53. The molecule has 1 unspecified atom stereocenters. The number of rotatable bonds is 6. The van der Waals surface area contributed by atoms with Crippen LogP contribution < -0.4 is 4.72 Å². The zero-order valence-electron chi connectivity index (χ0n) is 12.5. The molecule has 132 valence electrons. The minimum atomic E-state index is -3.88. The monoisotopic (exact) mass is 425 g/mol. The van der Waals surface area contributed by atoms with Gasteiger partial charge in [-0.1, -0.05) is 28.1 Å². The van der Waals surface area contributed by atoms with Gasteiger partial charge in [-0.15, -0.1) is 0 Å². The molecule has 6 nitrogen and oxygen atoms in total. The minimum Gasteiger partial charge on any atom is -0.501 e.